The van der Waals surface area contributed by atoms with Gasteiger partial charge in [0.1, 0.15) is 5.82 Å². The Bertz CT molecular complexity index is 1430. The molecule has 4 aliphatic rings. The van der Waals surface area contributed by atoms with Crippen molar-refractivity contribution in [2.45, 2.75) is 63.1 Å². The summed E-state index contributed by atoms with van der Waals surface area (Å²) in [7, 11) is 0. The molecule has 8 heteroatoms. The summed E-state index contributed by atoms with van der Waals surface area (Å²) in [5, 5.41) is 0. The highest BCUT2D eigenvalue weighted by atomic mass is 127. The third kappa shape index (κ3) is 3.70. The molecule has 0 radical (unpaired) electrons. The summed E-state index contributed by atoms with van der Waals surface area (Å²) >= 11 is 2.47. The first-order chi connectivity index (χ1) is 17.9. The van der Waals surface area contributed by atoms with Crippen molar-refractivity contribution in [3.63, 3.8) is 0 Å². The van der Waals surface area contributed by atoms with Gasteiger partial charge in [0.15, 0.2) is 0 Å². The molecular formula is C29H34IN7. The fourth-order valence-corrected chi connectivity index (χ4v) is 7.46. The molecule has 0 aromatic carbocycles. The molecule has 1 aliphatic heterocycles. The average Bonchev–Trinajstić information content (AvgIpc) is 3.48. The number of halogens is 1. The summed E-state index contributed by atoms with van der Waals surface area (Å²) in [4.78, 5) is 17.4. The van der Waals surface area contributed by atoms with Crippen LogP contribution in [0.4, 0.5) is 0 Å². The van der Waals surface area contributed by atoms with E-state index >= 15 is 0 Å². The summed E-state index contributed by atoms with van der Waals surface area (Å²) < 4.78 is 7.24. The largest absolute Gasteiger partial charge is 0.337 e. The molecule has 7 nitrogen and oxygen atoms in total. The number of piperazine rings is 1. The first kappa shape index (κ1) is 23.8. The van der Waals surface area contributed by atoms with E-state index in [1.165, 1.54) is 51.3 Å². The first-order valence-corrected chi connectivity index (χ1v) is 14.5. The van der Waals surface area contributed by atoms with Crippen molar-refractivity contribution in [2.24, 2.45) is 0 Å². The predicted molar refractivity (Wildman–Crippen MR) is 155 cm³/mol. The monoisotopic (exact) mass is 607 g/mol. The van der Waals surface area contributed by atoms with Gasteiger partial charge in [0.25, 0.3) is 0 Å². The first-order valence-electron chi connectivity index (χ1n) is 13.5. The second kappa shape index (κ2) is 8.61. The van der Waals surface area contributed by atoms with Gasteiger partial charge in [0, 0.05) is 90.9 Å². The van der Waals surface area contributed by atoms with Crippen LogP contribution in [0.5, 0.6) is 0 Å². The molecule has 0 amide bonds. The molecule has 37 heavy (non-hydrogen) atoms. The van der Waals surface area contributed by atoms with E-state index in [9.17, 15) is 0 Å². The lowest BCUT2D eigenvalue weighted by Gasteiger charge is -2.75. The predicted octanol–water partition coefficient (Wildman–Crippen LogP) is 5.63. The van der Waals surface area contributed by atoms with Gasteiger partial charge >= 0.3 is 0 Å². The maximum Gasteiger partial charge on any atom is 0.112 e. The maximum atomic E-state index is 5.20. The molecule has 1 atom stereocenters. The van der Waals surface area contributed by atoms with Gasteiger partial charge in [-0.25, -0.2) is 8.10 Å². The molecule has 2 bridgehead atoms. The van der Waals surface area contributed by atoms with Crippen molar-refractivity contribution in [3.05, 3.63) is 66.6 Å². The number of imidazole rings is 1. The maximum absolute atomic E-state index is 5.20. The molecule has 8 rings (SSSR count). The van der Waals surface area contributed by atoms with Crippen LogP contribution in [-0.4, -0.2) is 63.8 Å². The van der Waals surface area contributed by atoms with E-state index in [0.29, 0.717) is 11.5 Å². The number of pyridine rings is 2. The SMILES string of the molecule is CC(C)c1nc(-c2cnc3ccn(C(C)c4ccccn4)c3c2)cn1C12CC(N3CCN(I)CC3)(C1)C2. The number of fused-ring (bicyclic) bond motifs is 1. The number of hydrogen-bond acceptors (Lipinski definition) is 5. The summed E-state index contributed by atoms with van der Waals surface area (Å²) in [6.07, 6.45) is 12.1. The number of hydrogen-bond donors (Lipinski definition) is 0. The van der Waals surface area contributed by atoms with Crippen LogP contribution in [0.2, 0.25) is 0 Å². The molecule has 1 unspecified atom stereocenters. The Morgan fingerprint density at radius 3 is 2.43 bits per heavy atom. The van der Waals surface area contributed by atoms with Crippen LogP contribution in [0.15, 0.2) is 55.1 Å². The van der Waals surface area contributed by atoms with Crippen molar-refractivity contribution in [2.75, 3.05) is 26.2 Å². The van der Waals surface area contributed by atoms with Crippen molar-refractivity contribution in [1.82, 2.24) is 32.1 Å². The number of aromatic nitrogens is 5. The Labute approximate surface area is 232 Å². The molecule has 0 N–H and O–H groups in total. The van der Waals surface area contributed by atoms with E-state index in [-0.39, 0.29) is 11.6 Å². The molecule has 1 saturated heterocycles. The Kier molecular flexibility index (Phi) is 5.53. The minimum absolute atomic E-state index is 0.130. The third-order valence-corrected chi connectivity index (χ3v) is 9.99. The minimum Gasteiger partial charge on any atom is -0.337 e. The average molecular weight is 608 g/mol. The van der Waals surface area contributed by atoms with E-state index in [0.717, 1.165) is 28.0 Å². The zero-order valence-corrected chi connectivity index (χ0v) is 24.0. The van der Waals surface area contributed by atoms with Gasteiger partial charge in [0.2, 0.25) is 0 Å². The van der Waals surface area contributed by atoms with Gasteiger partial charge in [-0.2, -0.15) is 0 Å². The topological polar surface area (TPSA) is 55.0 Å². The lowest BCUT2D eigenvalue weighted by Crippen LogP contribution is -2.79. The number of rotatable bonds is 6. The van der Waals surface area contributed by atoms with Gasteiger partial charge in [0.05, 0.1) is 34.0 Å². The van der Waals surface area contributed by atoms with Gasteiger partial charge < -0.3 is 9.13 Å². The second-order valence-electron chi connectivity index (χ2n) is 11.7. The van der Waals surface area contributed by atoms with Crippen LogP contribution in [-0.2, 0) is 5.54 Å². The Morgan fingerprint density at radius 2 is 1.73 bits per heavy atom. The van der Waals surface area contributed by atoms with Crippen LogP contribution in [0.1, 0.15) is 63.5 Å². The number of nitrogens with zero attached hydrogens (tertiary/aromatic N) is 7. The zero-order valence-electron chi connectivity index (χ0n) is 21.8. The van der Waals surface area contributed by atoms with Crippen LogP contribution in [0.3, 0.4) is 0 Å². The summed E-state index contributed by atoms with van der Waals surface area (Å²) in [6.45, 7) is 11.5. The smallest absolute Gasteiger partial charge is 0.112 e. The molecule has 3 aliphatic carbocycles. The molecule has 5 heterocycles. The standard InChI is InChI=1S/C29H34IN7/c1-20(2)27-33-25(16-37(27)29-17-28(18-29,19-29)34-10-12-35(30)13-11-34)22-14-26-24(32-15-22)7-9-36(26)21(3)23-6-4-5-8-31-23/h4-9,14-16,20-21H,10-13,17-19H2,1-3H3. The lowest BCUT2D eigenvalue weighted by atomic mass is 9.43. The molecule has 4 aromatic rings. The summed E-state index contributed by atoms with van der Waals surface area (Å²) in [5.74, 6) is 1.59. The van der Waals surface area contributed by atoms with Crippen molar-refractivity contribution in [1.29, 1.82) is 0 Å². The van der Waals surface area contributed by atoms with Crippen molar-refractivity contribution in [3.8, 4) is 11.3 Å². The van der Waals surface area contributed by atoms with E-state index < -0.39 is 0 Å². The van der Waals surface area contributed by atoms with Gasteiger partial charge in [-0.05, 0) is 50.5 Å². The van der Waals surface area contributed by atoms with Gasteiger partial charge in [-0.1, -0.05) is 19.9 Å². The van der Waals surface area contributed by atoms with Crippen LogP contribution in [0, 0.1) is 0 Å². The second-order valence-corrected chi connectivity index (χ2v) is 13.0. The molecule has 4 fully saturated rings. The zero-order chi connectivity index (χ0) is 25.4. The van der Waals surface area contributed by atoms with Crippen LogP contribution >= 0.6 is 22.9 Å². The van der Waals surface area contributed by atoms with Gasteiger partial charge in [-0.15, -0.1) is 0 Å². The van der Waals surface area contributed by atoms with Crippen molar-refractivity contribution < 1.29 is 0 Å². The quantitative estimate of drug-likeness (QED) is 0.210. The Hall–Kier alpha value is -2.30. The summed E-state index contributed by atoms with van der Waals surface area (Å²) in [5.41, 5.74) is 5.97. The summed E-state index contributed by atoms with van der Waals surface area (Å²) in [6, 6.07) is 10.6. The minimum atomic E-state index is 0.130. The normalized spacial score (nSPS) is 26.8. The highest BCUT2D eigenvalue weighted by Crippen LogP contribution is 2.68. The highest BCUT2D eigenvalue weighted by molar-refractivity contribution is 14.1. The Morgan fingerprint density at radius 1 is 0.946 bits per heavy atom. The van der Waals surface area contributed by atoms with E-state index in [1.54, 1.807) is 0 Å². The fourth-order valence-electron chi connectivity index (χ4n) is 7.02. The Balaban J connectivity index is 1.19. The van der Waals surface area contributed by atoms with E-state index in [4.69, 9.17) is 9.97 Å². The lowest BCUT2D eigenvalue weighted by molar-refractivity contribution is -0.211. The van der Waals surface area contributed by atoms with Crippen molar-refractivity contribution >= 4 is 33.9 Å². The fraction of sp³-hybridized carbons (Fsp3) is 0.483. The van der Waals surface area contributed by atoms with E-state index in [2.05, 4.69) is 96.4 Å². The molecule has 3 saturated carbocycles. The van der Waals surface area contributed by atoms with E-state index in [1.807, 2.05) is 24.5 Å². The van der Waals surface area contributed by atoms with Crippen LogP contribution < -0.4 is 0 Å². The molecule has 0 spiro atoms. The molecular weight excluding hydrogens is 573 g/mol. The van der Waals surface area contributed by atoms with Gasteiger partial charge in [-0.3, -0.25) is 14.9 Å². The molecule has 4 aromatic heterocycles. The third-order valence-electron chi connectivity index (χ3n) is 9.03. The highest BCUT2D eigenvalue weighted by Gasteiger charge is 2.71. The van der Waals surface area contributed by atoms with Crippen LogP contribution in [0.25, 0.3) is 22.3 Å². The molecule has 192 valence electrons.